The van der Waals surface area contributed by atoms with Crippen LogP contribution in [-0.4, -0.2) is 54.3 Å². The molecule has 5 nitrogen and oxygen atoms in total. The number of hydrogen-bond acceptors (Lipinski definition) is 4. The van der Waals surface area contributed by atoms with Crippen LogP contribution in [-0.2, 0) is 14.3 Å². The lowest BCUT2D eigenvalue weighted by molar-refractivity contribution is -0.936. The number of unbranched alkanes of at least 4 members (excludes halogenated alkanes) is 20. The van der Waals surface area contributed by atoms with E-state index in [9.17, 15) is 14.7 Å². The first-order valence-corrected chi connectivity index (χ1v) is 17.0. The van der Waals surface area contributed by atoms with Crippen LogP contribution in [0.4, 0.5) is 0 Å². The van der Waals surface area contributed by atoms with Crippen LogP contribution in [0.3, 0.4) is 0 Å². The maximum atomic E-state index is 13.0. The van der Waals surface area contributed by atoms with Gasteiger partial charge in [-0.3, -0.25) is 9.59 Å². The summed E-state index contributed by atoms with van der Waals surface area (Å²) in [4.78, 5) is 25.6. The number of aliphatic hydroxyl groups is 1. The number of aliphatic hydroxyl groups excluding tert-OH is 1. The molecule has 2 unspecified atom stereocenters. The summed E-state index contributed by atoms with van der Waals surface area (Å²) in [7, 11) is 3.76. The van der Waals surface area contributed by atoms with Gasteiger partial charge < -0.3 is 14.3 Å². The first-order chi connectivity index (χ1) is 18.7. The summed E-state index contributed by atoms with van der Waals surface area (Å²) in [5.74, 6) is -0.265. The van der Waals surface area contributed by atoms with Crippen LogP contribution in [0.5, 0.6) is 0 Å². The summed E-state index contributed by atoms with van der Waals surface area (Å²) in [6.07, 6.45) is 26.7. The zero-order valence-corrected chi connectivity index (χ0v) is 27.0. The van der Waals surface area contributed by atoms with Gasteiger partial charge in [-0.2, -0.15) is 0 Å². The second kappa shape index (κ2) is 26.0. The highest BCUT2D eigenvalue weighted by atomic mass is 16.5. The van der Waals surface area contributed by atoms with E-state index in [1.54, 1.807) is 6.92 Å². The topological polar surface area (TPSA) is 63.6 Å². The van der Waals surface area contributed by atoms with Gasteiger partial charge in [0.2, 0.25) is 6.10 Å². The minimum Gasteiger partial charge on any atom is -0.448 e. The van der Waals surface area contributed by atoms with Crippen molar-refractivity contribution in [2.24, 2.45) is 0 Å². The molecule has 1 N–H and O–H groups in total. The molecule has 2 atom stereocenters. The van der Waals surface area contributed by atoms with E-state index in [4.69, 9.17) is 4.74 Å². The van der Waals surface area contributed by atoms with Gasteiger partial charge in [0.15, 0.2) is 12.0 Å². The molecule has 0 spiro atoms. The number of quaternary nitrogens is 1. The maximum absolute atomic E-state index is 13.0. The van der Waals surface area contributed by atoms with Crippen molar-refractivity contribution < 1.29 is 23.9 Å². The highest BCUT2D eigenvalue weighted by Gasteiger charge is 2.33. The van der Waals surface area contributed by atoms with Crippen LogP contribution < -0.4 is 0 Å². The molecule has 0 aromatic rings. The molecule has 0 aliphatic heterocycles. The number of carbonyl (C=O) groups is 2. The number of ether oxygens (including phenoxy) is 1. The van der Waals surface area contributed by atoms with E-state index in [1.807, 2.05) is 14.1 Å². The van der Waals surface area contributed by atoms with Gasteiger partial charge in [-0.05, 0) is 12.8 Å². The van der Waals surface area contributed by atoms with E-state index < -0.39 is 12.3 Å². The number of carbonyl (C=O) groups excluding carboxylic acids is 2. The highest BCUT2D eigenvalue weighted by molar-refractivity contribution is 5.85. The van der Waals surface area contributed by atoms with Crippen molar-refractivity contribution in [1.82, 2.24) is 0 Å². The van der Waals surface area contributed by atoms with Gasteiger partial charge >= 0.3 is 5.97 Å². The number of ketones is 1. The number of nitrogens with zero attached hydrogens (tertiary/aromatic N) is 1. The summed E-state index contributed by atoms with van der Waals surface area (Å²) in [5.41, 5.74) is 0. The molecule has 232 valence electrons. The van der Waals surface area contributed by atoms with Crippen molar-refractivity contribution in [2.75, 3.05) is 20.6 Å². The van der Waals surface area contributed by atoms with Crippen molar-refractivity contribution in [2.45, 2.75) is 187 Å². The molecule has 0 radical (unpaired) electrons. The van der Waals surface area contributed by atoms with Gasteiger partial charge in [0.1, 0.15) is 6.54 Å². The number of rotatable bonds is 29. The van der Waals surface area contributed by atoms with Crippen LogP contribution in [0.2, 0.25) is 0 Å². The van der Waals surface area contributed by atoms with Crippen LogP contribution in [0, 0.1) is 0 Å². The van der Waals surface area contributed by atoms with Crippen LogP contribution in [0.25, 0.3) is 0 Å². The molecule has 0 fully saturated rings. The van der Waals surface area contributed by atoms with Crippen LogP contribution >= 0.6 is 0 Å². The van der Waals surface area contributed by atoms with Crippen molar-refractivity contribution in [3.8, 4) is 0 Å². The Balaban J connectivity index is 4.22. The van der Waals surface area contributed by atoms with E-state index in [-0.39, 0.29) is 16.2 Å². The van der Waals surface area contributed by atoms with Gasteiger partial charge in [0.25, 0.3) is 0 Å². The molecule has 0 aromatic heterocycles. The molecule has 0 saturated carbocycles. The lowest BCUT2D eigenvalue weighted by atomic mass is 10.0. The predicted octanol–water partition coefficient (Wildman–Crippen LogP) is 9.28. The minimum absolute atomic E-state index is 0.00469. The standard InChI is InChI=1S/C34H68NO4/c1-6-8-10-12-14-16-18-20-22-24-26-28-32(37)33(30-35(4,5)31(3)36)39-34(38)29-27-25-23-21-19-17-15-13-11-9-7-2/h31,33,36H,6-30H2,1-5H3/q+1. The zero-order chi connectivity index (χ0) is 29.2. The summed E-state index contributed by atoms with van der Waals surface area (Å²) in [6.45, 7) is 6.55. The lowest BCUT2D eigenvalue weighted by Crippen LogP contribution is -2.53. The third-order valence-electron chi connectivity index (χ3n) is 8.29. The Bertz CT molecular complexity index is 576. The first-order valence-electron chi connectivity index (χ1n) is 17.0. The van der Waals surface area contributed by atoms with E-state index in [0.29, 0.717) is 19.4 Å². The number of hydrogen-bond donors (Lipinski definition) is 1. The Hall–Kier alpha value is -0.940. The third-order valence-corrected chi connectivity index (χ3v) is 8.29. The lowest BCUT2D eigenvalue weighted by Gasteiger charge is -2.35. The molecule has 0 aromatic carbocycles. The average molecular weight is 555 g/mol. The fraction of sp³-hybridized carbons (Fsp3) is 0.941. The zero-order valence-electron chi connectivity index (χ0n) is 27.0. The normalized spacial score (nSPS) is 13.4. The first kappa shape index (κ1) is 38.1. The summed E-state index contributed by atoms with van der Waals surface area (Å²) in [5, 5.41) is 10.2. The van der Waals surface area contributed by atoms with Gasteiger partial charge in [0.05, 0.1) is 14.1 Å². The Morgan fingerprint density at radius 2 is 0.923 bits per heavy atom. The summed E-state index contributed by atoms with van der Waals surface area (Å²) in [6, 6.07) is 0. The smallest absolute Gasteiger partial charge is 0.306 e. The van der Waals surface area contributed by atoms with E-state index in [2.05, 4.69) is 13.8 Å². The Kier molecular flexibility index (Phi) is 25.4. The SMILES string of the molecule is CCCCCCCCCCCCCC(=O)OC(C[N+](C)(C)C(C)O)C(=O)CCCCCCCCCCCCC. The van der Waals surface area contributed by atoms with E-state index >= 15 is 0 Å². The highest BCUT2D eigenvalue weighted by Crippen LogP contribution is 2.16. The van der Waals surface area contributed by atoms with Gasteiger partial charge in [-0.1, -0.05) is 142 Å². The maximum Gasteiger partial charge on any atom is 0.306 e. The molecule has 0 rings (SSSR count). The predicted molar refractivity (Wildman–Crippen MR) is 166 cm³/mol. The molecular weight excluding hydrogens is 486 g/mol. The summed E-state index contributed by atoms with van der Waals surface area (Å²) >= 11 is 0. The fourth-order valence-corrected chi connectivity index (χ4v) is 5.06. The Morgan fingerprint density at radius 1 is 0.590 bits per heavy atom. The molecule has 0 aliphatic carbocycles. The molecular formula is C34H68NO4+. The summed E-state index contributed by atoms with van der Waals surface area (Å²) < 4.78 is 5.96. The third kappa shape index (κ3) is 23.5. The van der Waals surface area contributed by atoms with Crippen molar-refractivity contribution >= 4 is 11.8 Å². The largest absolute Gasteiger partial charge is 0.448 e. The van der Waals surface area contributed by atoms with E-state index in [0.717, 1.165) is 32.1 Å². The molecule has 0 aliphatic rings. The van der Waals surface area contributed by atoms with Gasteiger partial charge in [-0.25, -0.2) is 0 Å². The fourth-order valence-electron chi connectivity index (χ4n) is 5.06. The van der Waals surface area contributed by atoms with Crippen LogP contribution in [0.1, 0.15) is 175 Å². The number of esters is 1. The quantitative estimate of drug-likeness (QED) is 0.0433. The van der Waals surface area contributed by atoms with Crippen LogP contribution in [0.15, 0.2) is 0 Å². The molecule has 39 heavy (non-hydrogen) atoms. The number of Topliss-reactive ketones (excluding diaryl/α,β-unsaturated/α-hetero) is 1. The Labute approximate surface area is 243 Å². The van der Waals surface area contributed by atoms with Crippen molar-refractivity contribution in [1.29, 1.82) is 0 Å². The second-order valence-electron chi connectivity index (χ2n) is 12.6. The molecule has 0 bridgehead atoms. The molecule has 0 amide bonds. The van der Waals surface area contributed by atoms with E-state index in [1.165, 1.54) is 109 Å². The molecule has 0 saturated heterocycles. The monoisotopic (exact) mass is 555 g/mol. The van der Waals surface area contributed by atoms with Crippen molar-refractivity contribution in [3.63, 3.8) is 0 Å². The van der Waals surface area contributed by atoms with Gasteiger partial charge in [-0.15, -0.1) is 0 Å². The Morgan fingerprint density at radius 3 is 1.28 bits per heavy atom. The van der Waals surface area contributed by atoms with Gasteiger partial charge in [0, 0.05) is 19.8 Å². The van der Waals surface area contributed by atoms with Crippen molar-refractivity contribution in [3.05, 3.63) is 0 Å². The number of likely N-dealkylation sites (N-methyl/N-ethyl adjacent to an activating group) is 1. The minimum atomic E-state index is -0.766. The molecule has 0 heterocycles. The second-order valence-corrected chi connectivity index (χ2v) is 12.6. The molecule has 5 heteroatoms. The average Bonchev–Trinajstić information content (AvgIpc) is 2.89.